The number of unbranched alkanes of at least 4 members (excludes halogenated alkanes) is 6. The minimum atomic E-state index is -1.10. The van der Waals surface area contributed by atoms with Crippen LogP contribution in [0.4, 0.5) is 0 Å². The molecule has 0 aromatic rings. The van der Waals surface area contributed by atoms with Crippen molar-refractivity contribution in [2.24, 2.45) is 5.92 Å². The summed E-state index contributed by atoms with van der Waals surface area (Å²) >= 11 is 0. The van der Waals surface area contributed by atoms with E-state index in [-0.39, 0.29) is 0 Å². The molecule has 0 aliphatic rings. The third-order valence-electron chi connectivity index (χ3n) is 3.28. The van der Waals surface area contributed by atoms with Gasteiger partial charge >= 0.3 is 0 Å². The highest BCUT2D eigenvalue weighted by Crippen LogP contribution is 2.15. The molecule has 1 atom stereocenters. The normalized spacial score (nSPS) is 14.3. The molecular formula is C16H34OSi. The SMILES string of the molecule is CCCCCCCCCC(/C=C/[Si](C)(C)C)CO. The predicted molar refractivity (Wildman–Crippen MR) is 85.7 cm³/mol. The molecule has 1 N–H and O–H groups in total. The van der Waals surface area contributed by atoms with Crippen LogP contribution in [0.1, 0.15) is 58.3 Å². The summed E-state index contributed by atoms with van der Waals surface area (Å²) in [7, 11) is -1.10. The van der Waals surface area contributed by atoms with Gasteiger partial charge in [0, 0.05) is 6.61 Å². The maximum atomic E-state index is 9.36. The molecule has 0 rings (SSSR count). The molecule has 0 saturated heterocycles. The lowest BCUT2D eigenvalue weighted by Crippen LogP contribution is -2.16. The molecule has 0 aromatic heterocycles. The van der Waals surface area contributed by atoms with Crippen molar-refractivity contribution in [1.29, 1.82) is 0 Å². The summed E-state index contributed by atoms with van der Waals surface area (Å²) in [5.74, 6) is 0.396. The molecule has 0 saturated carbocycles. The average Bonchev–Trinajstić information content (AvgIpc) is 2.30. The summed E-state index contributed by atoms with van der Waals surface area (Å²) in [4.78, 5) is 0. The number of hydrogen-bond donors (Lipinski definition) is 1. The molecule has 0 aliphatic carbocycles. The summed E-state index contributed by atoms with van der Waals surface area (Å²) in [6.07, 6.45) is 12.9. The Morgan fingerprint density at radius 2 is 1.50 bits per heavy atom. The molecule has 1 unspecified atom stereocenters. The molecule has 0 bridgehead atoms. The highest BCUT2D eigenvalue weighted by Gasteiger charge is 2.09. The Balaban J connectivity index is 3.59. The van der Waals surface area contributed by atoms with Gasteiger partial charge in [-0.1, -0.05) is 83.3 Å². The zero-order valence-corrected chi connectivity index (χ0v) is 14.0. The summed E-state index contributed by atoms with van der Waals surface area (Å²) in [5, 5.41) is 9.36. The van der Waals surface area contributed by atoms with E-state index in [1.165, 1.54) is 44.9 Å². The van der Waals surface area contributed by atoms with Gasteiger partial charge in [0.05, 0.1) is 8.07 Å². The minimum absolute atomic E-state index is 0.316. The molecule has 2 heteroatoms. The van der Waals surface area contributed by atoms with E-state index in [4.69, 9.17) is 0 Å². The number of aliphatic hydroxyl groups is 1. The van der Waals surface area contributed by atoms with E-state index in [2.05, 4.69) is 38.3 Å². The summed E-state index contributed by atoms with van der Waals surface area (Å²) in [6.45, 7) is 9.59. The van der Waals surface area contributed by atoms with Crippen LogP contribution in [0.3, 0.4) is 0 Å². The molecular weight excluding hydrogens is 236 g/mol. The molecule has 0 aromatic carbocycles. The van der Waals surface area contributed by atoms with E-state index >= 15 is 0 Å². The summed E-state index contributed by atoms with van der Waals surface area (Å²) in [5.41, 5.74) is 2.37. The van der Waals surface area contributed by atoms with Crippen LogP contribution in [-0.4, -0.2) is 19.8 Å². The molecule has 0 amide bonds. The van der Waals surface area contributed by atoms with Crippen molar-refractivity contribution in [3.63, 3.8) is 0 Å². The fourth-order valence-corrected chi connectivity index (χ4v) is 2.89. The number of hydrogen-bond acceptors (Lipinski definition) is 1. The lowest BCUT2D eigenvalue weighted by molar-refractivity contribution is 0.243. The lowest BCUT2D eigenvalue weighted by atomic mass is 10.0. The fraction of sp³-hybridized carbons (Fsp3) is 0.875. The zero-order chi connectivity index (χ0) is 13.9. The second-order valence-electron chi connectivity index (χ2n) is 6.58. The predicted octanol–water partition coefficient (Wildman–Crippen LogP) is 5.17. The van der Waals surface area contributed by atoms with Crippen LogP contribution in [0, 0.1) is 5.92 Å². The molecule has 0 heterocycles. The number of rotatable bonds is 11. The van der Waals surface area contributed by atoms with Gasteiger partial charge in [-0.3, -0.25) is 0 Å². The quantitative estimate of drug-likeness (QED) is 0.406. The first-order valence-corrected chi connectivity index (χ1v) is 11.4. The second kappa shape index (κ2) is 10.8. The molecule has 0 aliphatic heterocycles. The lowest BCUT2D eigenvalue weighted by Gasteiger charge is -2.13. The van der Waals surface area contributed by atoms with Gasteiger partial charge in [-0.15, -0.1) is 0 Å². The zero-order valence-electron chi connectivity index (χ0n) is 13.0. The third-order valence-corrected chi connectivity index (χ3v) is 4.47. The van der Waals surface area contributed by atoms with Gasteiger partial charge in [-0.05, 0) is 12.3 Å². The summed E-state index contributed by atoms with van der Waals surface area (Å²) in [6, 6.07) is 0. The van der Waals surface area contributed by atoms with Crippen LogP contribution in [0.2, 0.25) is 19.6 Å². The average molecular weight is 271 g/mol. The topological polar surface area (TPSA) is 20.2 Å². The Kier molecular flexibility index (Phi) is 10.8. The van der Waals surface area contributed by atoms with Crippen molar-refractivity contribution in [2.45, 2.75) is 77.9 Å². The van der Waals surface area contributed by atoms with Crippen molar-refractivity contribution < 1.29 is 5.11 Å². The van der Waals surface area contributed by atoms with Crippen molar-refractivity contribution in [3.8, 4) is 0 Å². The van der Waals surface area contributed by atoms with E-state index in [0.29, 0.717) is 12.5 Å². The van der Waals surface area contributed by atoms with Crippen LogP contribution in [0.5, 0.6) is 0 Å². The monoisotopic (exact) mass is 270 g/mol. The maximum absolute atomic E-state index is 9.36. The molecule has 1 nitrogen and oxygen atoms in total. The first-order valence-electron chi connectivity index (χ1n) is 7.80. The highest BCUT2D eigenvalue weighted by molar-refractivity contribution is 6.80. The molecule has 108 valence electrons. The van der Waals surface area contributed by atoms with Crippen molar-refractivity contribution in [2.75, 3.05) is 6.61 Å². The van der Waals surface area contributed by atoms with Crippen molar-refractivity contribution >= 4 is 8.07 Å². The minimum Gasteiger partial charge on any atom is -0.396 e. The molecule has 18 heavy (non-hydrogen) atoms. The standard InChI is InChI=1S/C16H34OSi/c1-5-6-7-8-9-10-11-12-16(15-17)13-14-18(2,3)4/h13-14,16-17H,5-12,15H2,1-4H3/b14-13+. The molecule has 0 radical (unpaired) electrons. The Hall–Kier alpha value is -0.0831. The molecule has 0 fully saturated rings. The largest absolute Gasteiger partial charge is 0.396 e. The van der Waals surface area contributed by atoms with E-state index in [1.807, 2.05) is 0 Å². The van der Waals surface area contributed by atoms with E-state index in [1.54, 1.807) is 0 Å². The van der Waals surface area contributed by atoms with E-state index in [0.717, 1.165) is 6.42 Å². The van der Waals surface area contributed by atoms with Crippen LogP contribution < -0.4 is 0 Å². The van der Waals surface area contributed by atoms with Crippen LogP contribution in [-0.2, 0) is 0 Å². The first kappa shape index (κ1) is 17.9. The van der Waals surface area contributed by atoms with Gasteiger partial charge in [-0.2, -0.15) is 0 Å². The van der Waals surface area contributed by atoms with Gasteiger partial charge < -0.3 is 5.11 Å². The molecule has 0 spiro atoms. The Morgan fingerprint density at radius 1 is 0.944 bits per heavy atom. The number of aliphatic hydroxyl groups excluding tert-OH is 1. The second-order valence-corrected chi connectivity index (χ2v) is 11.6. The van der Waals surface area contributed by atoms with Gasteiger partial charge in [-0.25, -0.2) is 0 Å². The van der Waals surface area contributed by atoms with Crippen molar-refractivity contribution in [3.05, 3.63) is 11.8 Å². The van der Waals surface area contributed by atoms with Gasteiger partial charge in [0.2, 0.25) is 0 Å². The smallest absolute Gasteiger partial charge is 0.0683 e. The third kappa shape index (κ3) is 12.4. The van der Waals surface area contributed by atoms with Gasteiger partial charge in [0.1, 0.15) is 0 Å². The Labute approximate surface area is 116 Å². The summed E-state index contributed by atoms with van der Waals surface area (Å²) < 4.78 is 0. The van der Waals surface area contributed by atoms with E-state index in [9.17, 15) is 5.11 Å². The van der Waals surface area contributed by atoms with Crippen LogP contribution in [0.15, 0.2) is 11.8 Å². The first-order chi connectivity index (χ1) is 8.49. The van der Waals surface area contributed by atoms with Crippen molar-refractivity contribution in [1.82, 2.24) is 0 Å². The van der Waals surface area contributed by atoms with E-state index < -0.39 is 8.07 Å². The Morgan fingerprint density at radius 3 is 2.00 bits per heavy atom. The maximum Gasteiger partial charge on any atom is 0.0683 e. The fourth-order valence-electron chi connectivity index (χ4n) is 2.04. The van der Waals surface area contributed by atoms with Gasteiger partial charge in [0.25, 0.3) is 0 Å². The Bertz CT molecular complexity index is 206. The van der Waals surface area contributed by atoms with Gasteiger partial charge in [0.15, 0.2) is 0 Å². The highest BCUT2D eigenvalue weighted by atomic mass is 28.3. The van der Waals surface area contributed by atoms with Crippen LogP contribution in [0.25, 0.3) is 0 Å². The van der Waals surface area contributed by atoms with Crippen LogP contribution >= 0.6 is 0 Å².